The van der Waals surface area contributed by atoms with Crippen molar-refractivity contribution in [2.24, 2.45) is 0 Å². The zero-order valence-electron chi connectivity index (χ0n) is 10.3. The fraction of sp³-hybridized carbons (Fsp3) is 0. The van der Waals surface area contributed by atoms with Crippen molar-refractivity contribution >= 4 is 44.3 Å². The van der Waals surface area contributed by atoms with Gasteiger partial charge in [0.15, 0.2) is 17.4 Å². The van der Waals surface area contributed by atoms with Crippen LogP contribution in [0.3, 0.4) is 0 Å². The maximum Gasteiger partial charge on any atom is 0.229 e. The Labute approximate surface area is 131 Å². The van der Waals surface area contributed by atoms with Gasteiger partial charge in [0, 0.05) is 16.0 Å². The van der Waals surface area contributed by atoms with Gasteiger partial charge in [-0.1, -0.05) is 11.6 Å². The van der Waals surface area contributed by atoms with Gasteiger partial charge in [-0.25, -0.2) is 8.78 Å². The van der Waals surface area contributed by atoms with Gasteiger partial charge in [0.2, 0.25) is 5.78 Å². The van der Waals surface area contributed by atoms with Gasteiger partial charge in [0.25, 0.3) is 0 Å². The highest BCUT2D eigenvalue weighted by Gasteiger charge is 2.21. The Balaban J connectivity index is 2.10. The Kier molecular flexibility index (Phi) is 3.55. The Bertz CT molecular complexity index is 873. The van der Waals surface area contributed by atoms with E-state index in [2.05, 4.69) is 15.9 Å². The molecule has 0 bridgehead atoms. The fourth-order valence-corrected chi connectivity index (χ4v) is 2.64. The number of carbonyl (C=O) groups excluding carboxylic acids is 1. The zero-order chi connectivity index (χ0) is 15.1. The lowest BCUT2D eigenvalue weighted by atomic mass is 10.1. The summed E-state index contributed by atoms with van der Waals surface area (Å²) < 4.78 is 31.8. The number of furan rings is 1. The van der Waals surface area contributed by atoms with Crippen LogP contribution in [0.15, 0.2) is 45.3 Å². The van der Waals surface area contributed by atoms with Crippen LogP contribution < -0.4 is 0 Å². The third-order valence-corrected chi connectivity index (χ3v) is 3.99. The molecular formula is C15H6BrClF2O2. The smallest absolute Gasteiger partial charge is 0.229 e. The van der Waals surface area contributed by atoms with Crippen LogP contribution in [0.25, 0.3) is 11.0 Å². The van der Waals surface area contributed by atoms with Gasteiger partial charge in [-0.05, 0) is 52.3 Å². The van der Waals surface area contributed by atoms with Gasteiger partial charge < -0.3 is 4.42 Å². The summed E-state index contributed by atoms with van der Waals surface area (Å²) in [6.45, 7) is 0. The zero-order valence-corrected chi connectivity index (χ0v) is 12.6. The molecule has 1 aromatic heterocycles. The first-order chi connectivity index (χ1) is 9.97. The molecule has 3 aromatic rings. The second kappa shape index (κ2) is 5.24. The number of halogens is 4. The Morgan fingerprint density at radius 2 is 1.90 bits per heavy atom. The first-order valence-electron chi connectivity index (χ1n) is 5.84. The average molecular weight is 372 g/mol. The van der Waals surface area contributed by atoms with E-state index in [9.17, 15) is 13.6 Å². The molecule has 21 heavy (non-hydrogen) atoms. The third-order valence-electron chi connectivity index (χ3n) is 2.98. The van der Waals surface area contributed by atoms with Crippen molar-refractivity contribution in [3.8, 4) is 0 Å². The van der Waals surface area contributed by atoms with Crippen LogP contribution in [0.2, 0.25) is 5.02 Å². The largest absolute Gasteiger partial charge is 0.453 e. The minimum Gasteiger partial charge on any atom is -0.453 e. The molecular weight excluding hydrogens is 366 g/mol. The van der Waals surface area contributed by atoms with Crippen LogP contribution in [0.5, 0.6) is 0 Å². The summed E-state index contributed by atoms with van der Waals surface area (Å²) in [5, 5.41) is 1.17. The summed E-state index contributed by atoms with van der Waals surface area (Å²) in [7, 11) is 0. The topological polar surface area (TPSA) is 30.2 Å². The van der Waals surface area contributed by atoms with Crippen LogP contribution in [0.1, 0.15) is 16.1 Å². The van der Waals surface area contributed by atoms with Crippen LogP contribution >= 0.6 is 27.5 Å². The van der Waals surface area contributed by atoms with Gasteiger partial charge in [0.05, 0.1) is 4.47 Å². The van der Waals surface area contributed by atoms with Crippen LogP contribution in [-0.4, -0.2) is 5.78 Å². The summed E-state index contributed by atoms with van der Waals surface area (Å²) in [6, 6.07) is 8.52. The van der Waals surface area contributed by atoms with Crippen molar-refractivity contribution in [2.45, 2.75) is 0 Å². The molecule has 6 heteroatoms. The lowest BCUT2D eigenvalue weighted by Gasteiger charge is -2.03. The maximum atomic E-state index is 13.5. The normalized spacial score (nSPS) is 11.0. The van der Waals surface area contributed by atoms with E-state index in [1.807, 2.05) is 0 Å². The summed E-state index contributed by atoms with van der Waals surface area (Å²) in [5.41, 5.74) is 0.473. The average Bonchev–Trinajstić information content (AvgIpc) is 2.87. The molecule has 2 aromatic carbocycles. The molecule has 0 aliphatic heterocycles. The van der Waals surface area contributed by atoms with Gasteiger partial charge in [-0.3, -0.25) is 4.79 Å². The molecule has 1 heterocycles. The Hall–Kier alpha value is -1.72. The predicted molar refractivity (Wildman–Crippen MR) is 78.7 cm³/mol. The van der Waals surface area contributed by atoms with E-state index in [4.69, 9.17) is 16.0 Å². The highest BCUT2D eigenvalue weighted by atomic mass is 79.9. The van der Waals surface area contributed by atoms with E-state index >= 15 is 0 Å². The molecule has 0 radical (unpaired) electrons. The molecule has 0 aliphatic rings. The predicted octanol–water partition coefficient (Wildman–Crippen LogP) is 5.36. The van der Waals surface area contributed by atoms with Crippen molar-refractivity contribution < 1.29 is 18.0 Å². The summed E-state index contributed by atoms with van der Waals surface area (Å²) in [5.74, 6) is -2.66. The minimum atomic E-state index is -1.11. The van der Waals surface area contributed by atoms with Gasteiger partial charge in [0.1, 0.15) is 5.58 Å². The van der Waals surface area contributed by atoms with Crippen molar-refractivity contribution in [3.05, 3.63) is 68.9 Å². The molecule has 0 aliphatic carbocycles. The maximum absolute atomic E-state index is 13.5. The van der Waals surface area contributed by atoms with Gasteiger partial charge in [-0.15, -0.1) is 0 Å². The number of ketones is 1. The quantitative estimate of drug-likeness (QED) is 0.448. The molecule has 3 rings (SSSR count). The Morgan fingerprint density at radius 3 is 2.67 bits per heavy atom. The fourth-order valence-electron chi connectivity index (χ4n) is 1.96. The number of benzene rings is 2. The minimum absolute atomic E-state index is 0.0148. The van der Waals surface area contributed by atoms with E-state index < -0.39 is 17.4 Å². The van der Waals surface area contributed by atoms with Gasteiger partial charge in [-0.2, -0.15) is 0 Å². The number of hydrogen-bond acceptors (Lipinski definition) is 2. The summed E-state index contributed by atoms with van der Waals surface area (Å²) in [4.78, 5) is 12.3. The SMILES string of the molecule is O=C(c1cc2cc(Cl)ccc2o1)c1ccc(F)c(F)c1Br. The molecule has 0 fully saturated rings. The van der Waals surface area contributed by atoms with Crippen molar-refractivity contribution in [2.75, 3.05) is 0 Å². The second-order valence-corrected chi connectivity index (χ2v) is 5.57. The molecule has 0 saturated heterocycles. The van der Waals surface area contributed by atoms with Crippen LogP contribution in [0, 0.1) is 11.6 Å². The highest BCUT2D eigenvalue weighted by Crippen LogP contribution is 2.28. The van der Waals surface area contributed by atoms with Crippen molar-refractivity contribution in [3.63, 3.8) is 0 Å². The van der Waals surface area contributed by atoms with Crippen molar-refractivity contribution in [1.29, 1.82) is 0 Å². The lowest BCUT2D eigenvalue weighted by molar-refractivity contribution is 0.101. The van der Waals surface area contributed by atoms with Crippen LogP contribution in [0.4, 0.5) is 8.78 Å². The van der Waals surface area contributed by atoms with Crippen molar-refractivity contribution in [1.82, 2.24) is 0 Å². The lowest BCUT2D eigenvalue weighted by Crippen LogP contribution is -2.03. The molecule has 0 saturated carbocycles. The number of fused-ring (bicyclic) bond motifs is 1. The first-order valence-corrected chi connectivity index (χ1v) is 7.02. The van der Waals surface area contributed by atoms with E-state index in [0.717, 1.165) is 6.07 Å². The van der Waals surface area contributed by atoms with E-state index in [1.54, 1.807) is 18.2 Å². The monoisotopic (exact) mass is 370 g/mol. The molecule has 0 amide bonds. The molecule has 0 spiro atoms. The number of hydrogen-bond donors (Lipinski definition) is 0. The molecule has 2 nitrogen and oxygen atoms in total. The third kappa shape index (κ3) is 2.47. The van der Waals surface area contributed by atoms with E-state index in [-0.39, 0.29) is 15.8 Å². The Morgan fingerprint density at radius 1 is 1.14 bits per heavy atom. The molecule has 0 unspecified atom stereocenters. The second-order valence-electron chi connectivity index (χ2n) is 4.34. The molecule has 0 N–H and O–H groups in total. The first kappa shape index (κ1) is 14.2. The highest BCUT2D eigenvalue weighted by molar-refractivity contribution is 9.10. The summed E-state index contributed by atoms with van der Waals surface area (Å²) in [6.07, 6.45) is 0. The number of rotatable bonds is 2. The molecule has 0 atom stereocenters. The summed E-state index contributed by atoms with van der Waals surface area (Å²) >= 11 is 8.75. The standard InChI is InChI=1S/C15H6BrClF2O2/c16-13-9(2-3-10(18)14(13)19)15(20)12-6-7-5-8(17)1-4-11(7)21-12/h1-6H. The number of carbonyl (C=O) groups is 1. The van der Waals surface area contributed by atoms with E-state index in [0.29, 0.717) is 16.0 Å². The molecule has 106 valence electrons. The van der Waals surface area contributed by atoms with E-state index in [1.165, 1.54) is 12.1 Å². The van der Waals surface area contributed by atoms with Crippen LogP contribution in [-0.2, 0) is 0 Å². The van der Waals surface area contributed by atoms with Gasteiger partial charge >= 0.3 is 0 Å².